The number of rotatable bonds is 6. The molecule has 3 rings (SSSR count). The fraction of sp³-hybridized carbons (Fsp3) is 0.350. The molecule has 6 nitrogen and oxygen atoms in total. The molecule has 0 aliphatic carbocycles. The van der Waals surface area contributed by atoms with E-state index < -0.39 is 0 Å². The largest absolute Gasteiger partial charge is 0.497 e. The molecule has 1 fully saturated rings. The van der Waals surface area contributed by atoms with E-state index in [4.69, 9.17) is 21.1 Å². The summed E-state index contributed by atoms with van der Waals surface area (Å²) >= 11 is 6.29. The maximum absolute atomic E-state index is 12.5. The second-order valence-corrected chi connectivity index (χ2v) is 6.89. The molecule has 0 bridgehead atoms. The van der Waals surface area contributed by atoms with E-state index in [2.05, 4.69) is 10.2 Å². The summed E-state index contributed by atoms with van der Waals surface area (Å²) in [6.07, 6.45) is 0. The van der Waals surface area contributed by atoms with Crippen molar-refractivity contribution >= 4 is 28.9 Å². The minimum absolute atomic E-state index is 0.0281. The molecule has 7 heteroatoms. The highest BCUT2D eigenvalue weighted by molar-refractivity contribution is 6.33. The van der Waals surface area contributed by atoms with Crippen LogP contribution in [0.1, 0.15) is 0 Å². The number of amides is 1. The molecule has 144 valence electrons. The number of methoxy groups -OCH3 is 2. The van der Waals surface area contributed by atoms with E-state index in [1.54, 1.807) is 32.4 Å². The van der Waals surface area contributed by atoms with Gasteiger partial charge in [-0.25, -0.2) is 0 Å². The van der Waals surface area contributed by atoms with Crippen LogP contribution < -0.4 is 24.6 Å². The highest BCUT2D eigenvalue weighted by Crippen LogP contribution is 2.29. The lowest BCUT2D eigenvalue weighted by molar-refractivity contribution is -0.892. The Balaban J connectivity index is 1.53. The van der Waals surface area contributed by atoms with Crippen molar-refractivity contribution in [3.8, 4) is 11.5 Å². The quantitative estimate of drug-likeness (QED) is 0.788. The molecule has 0 radical (unpaired) electrons. The van der Waals surface area contributed by atoms with Gasteiger partial charge in [-0.15, -0.1) is 0 Å². The first kappa shape index (κ1) is 19.3. The molecule has 1 heterocycles. The van der Waals surface area contributed by atoms with Crippen LogP contribution >= 0.6 is 11.6 Å². The van der Waals surface area contributed by atoms with Gasteiger partial charge in [0.2, 0.25) is 0 Å². The van der Waals surface area contributed by atoms with Gasteiger partial charge in [-0.3, -0.25) is 4.79 Å². The van der Waals surface area contributed by atoms with Crippen LogP contribution in [0.3, 0.4) is 0 Å². The van der Waals surface area contributed by atoms with Gasteiger partial charge in [0.25, 0.3) is 5.91 Å². The summed E-state index contributed by atoms with van der Waals surface area (Å²) < 4.78 is 10.5. The average molecular weight is 391 g/mol. The average Bonchev–Trinajstić information content (AvgIpc) is 2.69. The number of nitrogens with zero attached hydrogens (tertiary/aromatic N) is 1. The van der Waals surface area contributed by atoms with Crippen molar-refractivity contribution in [2.45, 2.75) is 0 Å². The van der Waals surface area contributed by atoms with E-state index >= 15 is 0 Å². The molecule has 2 aromatic rings. The zero-order valence-electron chi connectivity index (χ0n) is 15.6. The number of para-hydroxylation sites is 1. The molecule has 2 N–H and O–H groups in total. The number of piperazine rings is 1. The molecule has 0 saturated carbocycles. The Kier molecular flexibility index (Phi) is 6.42. The first-order valence-corrected chi connectivity index (χ1v) is 9.33. The lowest BCUT2D eigenvalue weighted by atomic mass is 10.2. The maximum Gasteiger partial charge on any atom is 0.279 e. The Bertz CT molecular complexity index is 792. The second-order valence-electron chi connectivity index (χ2n) is 6.48. The summed E-state index contributed by atoms with van der Waals surface area (Å²) in [5.74, 6) is 1.24. The first-order valence-electron chi connectivity index (χ1n) is 8.95. The molecule has 1 amide bonds. The molecule has 0 atom stereocenters. The van der Waals surface area contributed by atoms with Crippen LogP contribution in [0.2, 0.25) is 5.02 Å². The van der Waals surface area contributed by atoms with E-state index in [0.29, 0.717) is 23.7 Å². The fourth-order valence-corrected chi connectivity index (χ4v) is 3.53. The molecule has 27 heavy (non-hydrogen) atoms. The minimum Gasteiger partial charge on any atom is -0.497 e. The number of anilines is 2. The Morgan fingerprint density at radius 2 is 1.89 bits per heavy atom. The number of benzene rings is 2. The summed E-state index contributed by atoms with van der Waals surface area (Å²) in [6.45, 7) is 3.94. The zero-order valence-corrected chi connectivity index (χ0v) is 16.4. The number of hydrogen-bond donors (Lipinski definition) is 2. The van der Waals surface area contributed by atoms with E-state index in [1.807, 2.05) is 24.3 Å². The van der Waals surface area contributed by atoms with Gasteiger partial charge in [0, 0.05) is 6.07 Å². The van der Waals surface area contributed by atoms with Crippen molar-refractivity contribution in [3.63, 3.8) is 0 Å². The van der Waals surface area contributed by atoms with Crippen LogP contribution in [-0.2, 0) is 4.79 Å². The summed E-state index contributed by atoms with van der Waals surface area (Å²) in [7, 11) is 3.17. The number of quaternary nitrogens is 1. The van der Waals surface area contributed by atoms with Gasteiger partial charge >= 0.3 is 0 Å². The Hall–Kier alpha value is -2.44. The van der Waals surface area contributed by atoms with Crippen LogP contribution in [0.25, 0.3) is 0 Å². The van der Waals surface area contributed by atoms with Gasteiger partial charge in [-0.2, -0.15) is 0 Å². The van der Waals surface area contributed by atoms with E-state index in [1.165, 1.54) is 4.90 Å². The van der Waals surface area contributed by atoms with Gasteiger partial charge in [0.05, 0.1) is 56.8 Å². The van der Waals surface area contributed by atoms with Gasteiger partial charge in [0.1, 0.15) is 11.5 Å². The highest BCUT2D eigenvalue weighted by Gasteiger charge is 2.23. The van der Waals surface area contributed by atoms with Crippen LogP contribution in [0.15, 0.2) is 42.5 Å². The van der Waals surface area contributed by atoms with Gasteiger partial charge in [-0.1, -0.05) is 23.7 Å². The number of hydrogen-bond acceptors (Lipinski definition) is 4. The number of carbonyl (C=O) groups excluding carboxylic acids is 1. The number of carbonyl (C=O) groups is 1. The van der Waals surface area contributed by atoms with E-state index in [0.717, 1.165) is 36.9 Å². The topological polar surface area (TPSA) is 55.2 Å². The van der Waals surface area contributed by atoms with Gasteiger partial charge < -0.3 is 24.6 Å². The second kappa shape index (κ2) is 8.97. The predicted octanol–water partition coefficient (Wildman–Crippen LogP) is 1.70. The molecule has 1 aliphatic heterocycles. The molecule has 1 saturated heterocycles. The lowest BCUT2D eigenvalue weighted by Crippen LogP contribution is -3.15. The lowest BCUT2D eigenvalue weighted by Gasteiger charge is -2.33. The smallest absolute Gasteiger partial charge is 0.279 e. The van der Waals surface area contributed by atoms with Crippen molar-refractivity contribution in [2.24, 2.45) is 0 Å². The summed E-state index contributed by atoms with van der Waals surface area (Å²) in [5.41, 5.74) is 1.71. The number of ether oxygens (including phenoxy) is 2. The minimum atomic E-state index is -0.0281. The van der Waals surface area contributed by atoms with Gasteiger partial charge in [-0.05, 0) is 24.3 Å². The molecule has 1 aliphatic rings. The molecule has 2 aromatic carbocycles. The first-order chi connectivity index (χ1) is 13.1. The third kappa shape index (κ3) is 4.84. The fourth-order valence-electron chi connectivity index (χ4n) is 3.27. The van der Waals surface area contributed by atoms with Crippen molar-refractivity contribution in [3.05, 3.63) is 47.5 Å². The SMILES string of the molecule is COc1ccc(NC(=O)C[NH+]2CCN(c3ccccc3Cl)CC2)c(OC)c1. The summed E-state index contributed by atoms with van der Waals surface area (Å²) in [4.78, 5) is 16.0. The Morgan fingerprint density at radius 1 is 1.15 bits per heavy atom. The van der Waals surface area contributed by atoms with Crippen molar-refractivity contribution in [1.82, 2.24) is 0 Å². The zero-order chi connectivity index (χ0) is 19.2. The predicted molar refractivity (Wildman–Crippen MR) is 107 cm³/mol. The monoisotopic (exact) mass is 390 g/mol. The maximum atomic E-state index is 12.5. The van der Waals surface area contributed by atoms with Crippen LogP contribution in [0.4, 0.5) is 11.4 Å². The van der Waals surface area contributed by atoms with Crippen molar-refractivity contribution in [2.75, 3.05) is 57.2 Å². The number of halogens is 1. The van der Waals surface area contributed by atoms with Crippen LogP contribution in [-0.4, -0.2) is 52.9 Å². The molecular formula is C20H25ClN3O3+. The van der Waals surface area contributed by atoms with Gasteiger partial charge in [0.15, 0.2) is 6.54 Å². The highest BCUT2D eigenvalue weighted by atomic mass is 35.5. The Morgan fingerprint density at radius 3 is 2.56 bits per heavy atom. The van der Waals surface area contributed by atoms with E-state index in [9.17, 15) is 4.79 Å². The molecule has 0 spiro atoms. The normalized spacial score (nSPS) is 14.7. The third-order valence-electron chi connectivity index (χ3n) is 4.76. The third-order valence-corrected chi connectivity index (χ3v) is 5.08. The molecule has 0 unspecified atom stereocenters. The van der Waals surface area contributed by atoms with E-state index in [-0.39, 0.29) is 5.91 Å². The summed E-state index contributed by atoms with van der Waals surface area (Å²) in [5, 5.41) is 3.71. The molecular weight excluding hydrogens is 366 g/mol. The number of nitrogens with one attached hydrogen (secondary N) is 2. The van der Waals surface area contributed by atoms with Crippen LogP contribution in [0.5, 0.6) is 11.5 Å². The Labute approximate surface area is 164 Å². The molecule has 0 aromatic heterocycles. The standard InChI is InChI=1S/C20H24ClN3O3/c1-26-15-7-8-17(19(13-15)27-2)22-20(25)14-23-9-11-24(12-10-23)18-6-4-3-5-16(18)21/h3-8,13H,9-12,14H2,1-2H3,(H,22,25)/p+1. The van der Waals surface area contributed by atoms with Crippen LogP contribution in [0, 0.1) is 0 Å². The van der Waals surface area contributed by atoms with Crippen molar-refractivity contribution < 1.29 is 19.2 Å². The van der Waals surface area contributed by atoms with Crippen molar-refractivity contribution in [1.29, 1.82) is 0 Å². The summed E-state index contributed by atoms with van der Waals surface area (Å²) in [6, 6.07) is 13.2.